The largest absolute Gasteiger partial charge is 0.451 e. The van der Waals surface area contributed by atoms with Gasteiger partial charge < -0.3 is 10.1 Å². The number of carbonyl (C=O) groups is 3. The number of esters is 1. The maximum atomic E-state index is 12.9. The predicted octanol–water partition coefficient (Wildman–Crippen LogP) is 0.535. The molecule has 1 aromatic carbocycles. The van der Waals surface area contributed by atoms with Crippen LogP contribution in [-0.2, 0) is 24.3 Å². The first kappa shape index (κ1) is 20.8. The van der Waals surface area contributed by atoms with Crippen molar-refractivity contribution in [3.63, 3.8) is 0 Å². The predicted molar refractivity (Wildman–Crippen MR) is 96.2 cm³/mol. The third-order valence-corrected chi connectivity index (χ3v) is 6.15. The Labute approximate surface area is 158 Å². The third-order valence-electron chi connectivity index (χ3n) is 4.23. The number of imide groups is 1. The summed E-state index contributed by atoms with van der Waals surface area (Å²) in [5.74, 6) is -1.61. The molecular formula is C17H23N3O6S. The number of aryl methyl sites for hydroxylation is 1. The Morgan fingerprint density at radius 3 is 2.44 bits per heavy atom. The van der Waals surface area contributed by atoms with Crippen LogP contribution < -0.4 is 10.6 Å². The lowest BCUT2D eigenvalue weighted by Gasteiger charge is -2.24. The van der Waals surface area contributed by atoms with Crippen LogP contribution in [0.1, 0.15) is 25.3 Å². The third kappa shape index (κ3) is 4.83. The smallest absolute Gasteiger partial charge is 0.325 e. The summed E-state index contributed by atoms with van der Waals surface area (Å²) in [6.07, 6.45) is -0.434. The Hall–Kier alpha value is -2.46. The minimum absolute atomic E-state index is 0.0956. The lowest BCUT2D eigenvalue weighted by Crippen LogP contribution is -2.46. The molecule has 1 aliphatic heterocycles. The Bertz CT molecular complexity index is 822. The zero-order chi connectivity index (χ0) is 20.2. The van der Waals surface area contributed by atoms with Crippen LogP contribution in [-0.4, -0.2) is 56.4 Å². The fourth-order valence-corrected chi connectivity index (χ4v) is 4.34. The topological polar surface area (TPSA) is 122 Å². The average Bonchev–Trinajstić information content (AvgIpc) is 3.12. The second-order valence-electron chi connectivity index (χ2n) is 6.23. The van der Waals surface area contributed by atoms with Crippen LogP contribution in [0.25, 0.3) is 0 Å². The van der Waals surface area contributed by atoms with Gasteiger partial charge in [-0.3, -0.25) is 14.9 Å². The minimum atomic E-state index is -3.86. The Kier molecular flexibility index (Phi) is 6.55. The van der Waals surface area contributed by atoms with E-state index in [1.165, 1.54) is 26.1 Å². The number of carbonyl (C=O) groups excluding carboxylic acids is 3. The molecular weight excluding hydrogens is 374 g/mol. The summed E-state index contributed by atoms with van der Waals surface area (Å²) in [6.45, 7) is 3.34. The molecule has 0 radical (unpaired) electrons. The van der Waals surface area contributed by atoms with Gasteiger partial charge in [0.1, 0.15) is 6.04 Å². The van der Waals surface area contributed by atoms with Crippen molar-refractivity contribution >= 4 is 27.9 Å². The monoisotopic (exact) mass is 397 g/mol. The first-order valence-corrected chi connectivity index (χ1v) is 9.92. The van der Waals surface area contributed by atoms with Gasteiger partial charge >= 0.3 is 12.0 Å². The molecule has 1 aromatic rings. The van der Waals surface area contributed by atoms with Crippen LogP contribution in [0, 0.1) is 6.92 Å². The molecule has 1 aliphatic rings. The fourth-order valence-electron chi connectivity index (χ4n) is 2.69. The van der Waals surface area contributed by atoms with Crippen LogP contribution in [0.5, 0.6) is 0 Å². The molecule has 0 saturated carbocycles. The van der Waals surface area contributed by atoms with Gasteiger partial charge in [-0.15, -0.1) is 0 Å². The number of nitrogens with one attached hydrogen (secondary N) is 2. The Morgan fingerprint density at radius 1 is 1.22 bits per heavy atom. The highest BCUT2D eigenvalue weighted by Crippen LogP contribution is 2.27. The zero-order valence-corrected chi connectivity index (χ0v) is 16.2. The summed E-state index contributed by atoms with van der Waals surface area (Å²) < 4.78 is 31.9. The van der Waals surface area contributed by atoms with Crippen LogP contribution in [0.15, 0.2) is 29.2 Å². The highest BCUT2D eigenvalue weighted by Gasteiger charge is 2.41. The van der Waals surface area contributed by atoms with Crippen molar-refractivity contribution < 1.29 is 27.5 Å². The van der Waals surface area contributed by atoms with Crippen LogP contribution >= 0.6 is 0 Å². The number of hydrogen-bond donors (Lipinski definition) is 2. The molecule has 2 atom stereocenters. The fraction of sp³-hybridized carbons (Fsp3) is 0.471. The SMILES string of the molecule is CNC(=O)NC(=O)[C@H](C)OC(=O)[C@@H]1CCCN1S(=O)(=O)c1ccc(C)cc1. The van der Waals surface area contributed by atoms with Gasteiger partial charge in [0.2, 0.25) is 10.0 Å². The van der Waals surface area contributed by atoms with Gasteiger partial charge in [0, 0.05) is 13.6 Å². The normalized spacial score (nSPS) is 18.6. The van der Waals surface area contributed by atoms with Crippen molar-refractivity contribution in [1.82, 2.24) is 14.9 Å². The van der Waals surface area contributed by atoms with E-state index < -0.39 is 40.1 Å². The first-order chi connectivity index (χ1) is 12.7. The summed E-state index contributed by atoms with van der Waals surface area (Å²) >= 11 is 0. The number of sulfonamides is 1. The summed E-state index contributed by atoms with van der Waals surface area (Å²) in [5.41, 5.74) is 0.919. The number of nitrogens with zero attached hydrogens (tertiary/aromatic N) is 1. The maximum Gasteiger partial charge on any atom is 0.325 e. The summed E-state index contributed by atoms with van der Waals surface area (Å²) in [5, 5.41) is 4.21. The Balaban J connectivity index is 2.10. The molecule has 27 heavy (non-hydrogen) atoms. The van der Waals surface area contributed by atoms with Crippen molar-refractivity contribution in [1.29, 1.82) is 0 Å². The number of rotatable bonds is 5. The molecule has 2 rings (SSSR count). The van der Waals surface area contributed by atoms with E-state index in [1.54, 1.807) is 12.1 Å². The van der Waals surface area contributed by atoms with E-state index in [1.807, 2.05) is 12.2 Å². The molecule has 0 aliphatic carbocycles. The van der Waals surface area contributed by atoms with Gasteiger partial charge in [0.05, 0.1) is 4.90 Å². The van der Waals surface area contributed by atoms with Crippen molar-refractivity contribution in [3.8, 4) is 0 Å². The molecule has 0 unspecified atom stereocenters. The van der Waals surface area contributed by atoms with Crippen LogP contribution in [0.4, 0.5) is 4.79 Å². The van der Waals surface area contributed by atoms with Gasteiger partial charge in [-0.05, 0) is 38.8 Å². The molecule has 3 amide bonds. The number of ether oxygens (including phenoxy) is 1. The minimum Gasteiger partial charge on any atom is -0.451 e. The molecule has 1 saturated heterocycles. The zero-order valence-electron chi connectivity index (χ0n) is 15.4. The number of amides is 3. The average molecular weight is 397 g/mol. The van der Waals surface area contributed by atoms with Gasteiger partial charge in [0.25, 0.3) is 5.91 Å². The molecule has 0 aromatic heterocycles. The van der Waals surface area contributed by atoms with Crippen molar-refractivity contribution in [2.24, 2.45) is 0 Å². The van der Waals surface area contributed by atoms with Gasteiger partial charge in [-0.1, -0.05) is 17.7 Å². The van der Waals surface area contributed by atoms with Crippen molar-refractivity contribution in [2.75, 3.05) is 13.6 Å². The second kappa shape index (κ2) is 8.49. The summed E-state index contributed by atoms with van der Waals surface area (Å²) in [4.78, 5) is 35.5. The highest BCUT2D eigenvalue weighted by molar-refractivity contribution is 7.89. The lowest BCUT2D eigenvalue weighted by atomic mass is 10.2. The van der Waals surface area contributed by atoms with E-state index in [9.17, 15) is 22.8 Å². The van der Waals surface area contributed by atoms with E-state index in [-0.39, 0.29) is 11.4 Å². The lowest BCUT2D eigenvalue weighted by molar-refractivity contribution is -0.157. The van der Waals surface area contributed by atoms with E-state index in [0.29, 0.717) is 12.8 Å². The summed E-state index contributed by atoms with van der Waals surface area (Å²) in [7, 11) is -2.52. The van der Waals surface area contributed by atoms with E-state index in [2.05, 4.69) is 5.32 Å². The number of benzene rings is 1. The quantitative estimate of drug-likeness (QED) is 0.699. The van der Waals surface area contributed by atoms with Crippen molar-refractivity contribution in [3.05, 3.63) is 29.8 Å². The van der Waals surface area contributed by atoms with Crippen LogP contribution in [0.2, 0.25) is 0 Å². The van der Waals surface area contributed by atoms with Gasteiger partial charge in [-0.2, -0.15) is 4.31 Å². The molecule has 0 bridgehead atoms. The van der Waals surface area contributed by atoms with E-state index >= 15 is 0 Å². The molecule has 2 N–H and O–H groups in total. The van der Waals surface area contributed by atoms with Gasteiger partial charge in [-0.25, -0.2) is 13.2 Å². The van der Waals surface area contributed by atoms with Crippen LogP contribution in [0.3, 0.4) is 0 Å². The number of urea groups is 1. The molecule has 1 heterocycles. The molecule has 9 nitrogen and oxygen atoms in total. The first-order valence-electron chi connectivity index (χ1n) is 8.48. The summed E-state index contributed by atoms with van der Waals surface area (Å²) in [6, 6.07) is 4.61. The van der Waals surface area contributed by atoms with Gasteiger partial charge in [0.15, 0.2) is 6.10 Å². The highest BCUT2D eigenvalue weighted by atomic mass is 32.2. The number of hydrogen-bond acceptors (Lipinski definition) is 6. The Morgan fingerprint density at radius 2 is 1.85 bits per heavy atom. The van der Waals surface area contributed by atoms with Crippen molar-refractivity contribution in [2.45, 2.75) is 43.7 Å². The molecule has 148 valence electrons. The molecule has 0 spiro atoms. The maximum absolute atomic E-state index is 12.9. The van der Waals surface area contributed by atoms with E-state index in [4.69, 9.17) is 4.74 Å². The van der Waals surface area contributed by atoms with E-state index in [0.717, 1.165) is 9.87 Å². The molecule has 1 fully saturated rings. The standard InChI is InChI=1S/C17H23N3O6S/c1-11-6-8-13(9-7-11)27(24,25)20-10-4-5-14(20)16(22)26-12(2)15(21)19-17(23)18-3/h6-9,12,14H,4-5,10H2,1-3H3,(H2,18,19,21,23)/t12-,14-/m0/s1. The molecule has 10 heteroatoms. The second-order valence-corrected chi connectivity index (χ2v) is 8.12.